The predicted octanol–water partition coefficient (Wildman–Crippen LogP) is 3.60. The van der Waals surface area contributed by atoms with Crippen LogP contribution in [0.5, 0.6) is 0 Å². The standard InChI is InChI=1S/C17H21ClN4O2S/c1-4-22(5-2)25(23,24)16-9-10-17(19-12-16)21-20-13(3)14-7-6-8-15(18)11-14/h6-12H,4-5H2,1-3H3,(H,19,21)/b20-13+. The predicted molar refractivity (Wildman–Crippen MR) is 102 cm³/mol. The van der Waals surface area contributed by atoms with Crippen molar-refractivity contribution in [3.8, 4) is 0 Å². The lowest BCUT2D eigenvalue weighted by molar-refractivity contribution is 0.445. The Morgan fingerprint density at radius 3 is 2.52 bits per heavy atom. The molecule has 1 N–H and O–H groups in total. The average Bonchev–Trinajstić information content (AvgIpc) is 2.61. The van der Waals surface area contributed by atoms with Crippen LogP contribution in [-0.2, 0) is 10.0 Å². The molecule has 0 radical (unpaired) electrons. The third kappa shape index (κ3) is 4.78. The van der Waals surface area contributed by atoms with Crippen LogP contribution in [-0.4, -0.2) is 36.5 Å². The number of aromatic nitrogens is 1. The maximum Gasteiger partial charge on any atom is 0.244 e. The number of nitrogens with zero attached hydrogens (tertiary/aromatic N) is 3. The van der Waals surface area contributed by atoms with Gasteiger partial charge in [-0.2, -0.15) is 9.41 Å². The molecule has 134 valence electrons. The molecule has 0 saturated heterocycles. The Labute approximate surface area is 153 Å². The SMILES string of the molecule is CCN(CC)S(=O)(=O)c1ccc(N/N=C(\C)c2cccc(Cl)c2)nc1. The Morgan fingerprint density at radius 1 is 1.24 bits per heavy atom. The molecule has 1 aromatic carbocycles. The Hall–Kier alpha value is -1.96. The average molecular weight is 381 g/mol. The highest BCUT2D eigenvalue weighted by Gasteiger charge is 2.21. The van der Waals surface area contributed by atoms with E-state index in [0.717, 1.165) is 11.3 Å². The Morgan fingerprint density at radius 2 is 1.96 bits per heavy atom. The van der Waals surface area contributed by atoms with Crippen LogP contribution in [0, 0.1) is 0 Å². The first-order valence-electron chi connectivity index (χ1n) is 7.91. The summed E-state index contributed by atoms with van der Waals surface area (Å²) in [5, 5.41) is 4.89. The third-order valence-electron chi connectivity index (χ3n) is 3.66. The van der Waals surface area contributed by atoms with Gasteiger partial charge in [0.2, 0.25) is 10.0 Å². The molecule has 2 aromatic rings. The van der Waals surface area contributed by atoms with Gasteiger partial charge in [-0.1, -0.05) is 37.6 Å². The minimum absolute atomic E-state index is 0.164. The maximum atomic E-state index is 12.4. The van der Waals surface area contributed by atoms with E-state index in [4.69, 9.17) is 11.6 Å². The van der Waals surface area contributed by atoms with Crippen LogP contribution in [0.3, 0.4) is 0 Å². The molecular weight excluding hydrogens is 360 g/mol. The molecule has 25 heavy (non-hydrogen) atoms. The summed E-state index contributed by atoms with van der Waals surface area (Å²) in [5.74, 6) is 0.458. The quantitative estimate of drug-likeness (QED) is 0.588. The molecule has 0 saturated carbocycles. The van der Waals surface area contributed by atoms with Gasteiger partial charge in [0.05, 0.1) is 5.71 Å². The van der Waals surface area contributed by atoms with Crippen molar-refractivity contribution in [2.75, 3.05) is 18.5 Å². The second-order valence-electron chi connectivity index (χ2n) is 5.29. The first kappa shape index (κ1) is 19.4. The number of halogens is 1. The van der Waals surface area contributed by atoms with E-state index in [1.807, 2.05) is 25.1 Å². The van der Waals surface area contributed by atoms with E-state index in [1.165, 1.54) is 16.6 Å². The van der Waals surface area contributed by atoms with E-state index in [1.54, 1.807) is 26.0 Å². The van der Waals surface area contributed by atoms with Gasteiger partial charge in [0, 0.05) is 24.3 Å². The van der Waals surface area contributed by atoms with E-state index in [0.29, 0.717) is 23.9 Å². The Bertz CT molecular complexity index is 847. The highest BCUT2D eigenvalue weighted by Crippen LogP contribution is 2.16. The summed E-state index contributed by atoms with van der Waals surface area (Å²) >= 11 is 5.97. The molecule has 0 unspecified atom stereocenters. The van der Waals surface area contributed by atoms with Crippen molar-refractivity contribution in [2.45, 2.75) is 25.7 Å². The zero-order valence-corrected chi connectivity index (χ0v) is 16.0. The van der Waals surface area contributed by atoms with Crippen molar-refractivity contribution in [1.29, 1.82) is 0 Å². The number of benzene rings is 1. The molecule has 2 rings (SSSR count). The topological polar surface area (TPSA) is 74.7 Å². The zero-order valence-electron chi connectivity index (χ0n) is 14.4. The van der Waals surface area contributed by atoms with Gasteiger partial charge in [0.1, 0.15) is 10.7 Å². The number of hydrazone groups is 1. The second-order valence-corrected chi connectivity index (χ2v) is 7.66. The molecule has 6 nitrogen and oxygen atoms in total. The monoisotopic (exact) mass is 380 g/mol. The summed E-state index contributed by atoms with van der Waals surface area (Å²) in [7, 11) is -3.50. The fourth-order valence-corrected chi connectivity index (χ4v) is 3.83. The third-order valence-corrected chi connectivity index (χ3v) is 5.93. The van der Waals surface area contributed by atoms with Crippen LogP contribution in [0.4, 0.5) is 5.82 Å². The van der Waals surface area contributed by atoms with Crippen molar-refractivity contribution in [3.63, 3.8) is 0 Å². The summed E-state index contributed by atoms with van der Waals surface area (Å²) in [4.78, 5) is 4.29. The lowest BCUT2D eigenvalue weighted by Gasteiger charge is -2.18. The van der Waals surface area contributed by atoms with Crippen LogP contribution in [0.15, 0.2) is 52.6 Å². The molecule has 8 heteroatoms. The number of sulfonamides is 1. The van der Waals surface area contributed by atoms with Gasteiger partial charge in [0.15, 0.2) is 0 Å². The number of rotatable bonds is 7. The lowest BCUT2D eigenvalue weighted by atomic mass is 10.1. The highest BCUT2D eigenvalue weighted by molar-refractivity contribution is 7.89. The Balaban J connectivity index is 2.14. The van der Waals surface area contributed by atoms with Crippen molar-refractivity contribution < 1.29 is 8.42 Å². The van der Waals surface area contributed by atoms with Crippen molar-refractivity contribution in [3.05, 3.63) is 53.2 Å². The number of nitrogens with one attached hydrogen (secondary N) is 1. The largest absolute Gasteiger partial charge is 0.261 e. The molecule has 0 fully saturated rings. The van der Waals surface area contributed by atoms with Gasteiger partial charge in [-0.25, -0.2) is 13.4 Å². The molecule has 0 aliphatic rings. The molecule has 0 atom stereocenters. The fourth-order valence-electron chi connectivity index (χ4n) is 2.23. The molecule has 1 heterocycles. The van der Waals surface area contributed by atoms with E-state index in [9.17, 15) is 8.42 Å². The lowest BCUT2D eigenvalue weighted by Crippen LogP contribution is -2.30. The molecular formula is C17H21ClN4O2S. The van der Waals surface area contributed by atoms with Crippen molar-refractivity contribution >= 4 is 33.2 Å². The smallest absolute Gasteiger partial charge is 0.244 e. The van der Waals surface area contributed by atoms with Crippen LogP contribution in [0.2, 0.25) is 5.02 Å². The molecule has 1 aromatic heterocycles. The van der Waals surface area contributed by atoms with E-state index in [2.05, 4.69) is 15.5 Å². The van der Waals surface area contributed by atoms with Crippen LogP contribution in [0.25, 0.3) is 0 Å². The number of hydrogen-bond acceptors (Lipinski definition) is 5. The van der Waals surface area contributed by atoms with Gasteiger partial charge in [-0.15, -0.1) is 0 Å². The summed E-state index contributed by atoms with van der Waals surface area (Å²) in [6.45, 7) is 6.29. The first-order valence-corrected chi connectivity index (χ1v) is 9.72. The van der Waals surface area contributed by atoms with E-state index in [-0.39, 0.29) is 4.90 Å². The summed E-state index contributed by atoms with van der Waals surface area (Å²) in [5.41, 5.74) is 4.45. The molecule has 0 spiro atoms. The van der Waals surface area contributed by atoms with Crippen molar-refractivity contribution in [2.24, 2.45) is 5.10 Å². The zero-order chi connectivity index (χ0) is 18.4. The van der Waals surface area contributed by atoms with Crippen LogP contribution >= 0.6 is 11.6 Å². The number of anilines is 1. The molecule has 0 amide bonds. The molecule has 0 aliphatic heterocycles. The van der Waals surface area contributed by atoms with Gasteiger partial charge >= 0.3 is 0 Å². The van der Waals surface area contributed by atoms with E-state index >= 15 is 0 Å². The van der Waals surface area contributed by atoms with Crippen LogP contribution in [0.1, 0.15) is 26.3 Å². The molecule has 0 aliphatic carbocycles. The van der Waals surface area contributed by atoms with Gasteiger partial charge in [-0.3, -0.25) is 5.43 Å². The second kappa shape index (κ2) is 8.42. The highest BCUT2D eigenvalue weighted by atomic mass is 35.5. The fraction of sp³-hybridized carbons (Fsp3) is 0.294. The van der Waals surface area contributed by atoms with Crippen molar-refractivity contribution in [1.82, 2.24) is 9.29 Å². The number of hydrogen-bond donors (Lipinski definition) is 1. The molecule has 0 bridgehead atoms. The maximum absolute atomic E-state index is 12.4. The summed E-state index contributed by atoms with van der Waals surface area (Å²) in [6, 6.07) is 10.5. The van der Waals surface area contributed by atoms with Gasteiger partial charge in [0.25, 0.3) is 0 Å². The summed E-state index contributed by atoms with van der Waals surface area (Å²) < 4.78 is 26.2. The number of pyridine rings is 1. The summed E-state index contributed by atoms with van der Waals surface area (Å²) in [6.07, 6.45) is 1.33. The van der Waals surface area contributed by atoms with E-state index < -0.39 is 10.0 Å². The minimum Gasteiger partial charge on any atom is -0.261 e. The van der Waals surface area contributed by atoms with Gasteiger partial charge in [-0.05, 0) is 36.8 Å². The minimum atomic E-state index is -3.50. The van der Waals surface area contributed by atoms with Gasteiger partial charge < -0.3 is 0 Å². The van der Waals surface area contributed by atoms with Crippen LogP contribution < -0.4 is 5.43 Å². The normalized spacial score (nSPS) is 12.4. The Kier molecular flexibility index (Phi) is 6.52. The first-order chi connectivity index (χ1) is 11.9.